The fourth-order valence-corrected chi connectivity index (χ4v) is 1.75. The van der Waals surface area contributed by atoms with E-state index in [-0.39, 0.29) is 5.25 Å². The van der Waals surface area contributed by atoms with Gasteiger partial charge in [0.15, 0.2) is 5.60 Å². The first-order valence-corrected chi connectivity index (χ1v) is 7.19. The second-order valence-electron chi connectivity index (χ2n) is 4.67. The van der Waals surface area contributed by atoms with Crippen molar-refractivity contribution in [3.8, 4) is 23.7 Å². The molecule has 0 spiro atoms. The van der Waals surface area contributed by atoms with Crippen molar-refractivity contribution in [2.75, 3.05) is 0 Å². The van der Waals surface area contributed by atoms with Crippen LogP contribution in [-0.2, 0) is 0 Å². The zero-order valence-corrected chi connectivity index (χ0v) is 12.6. The summed E-state index contributed by atoms with van der Waals surface area (Å²) >= 11 is 4.32. The quantitative estimate of drug-likeness (QED) is 0.611. The van der Waals surface area contributed by atoms with Crippen LogP contribution < -0.4 is 0 Å². The number of thiol groups is 1. The van der Waals surface area contributed by atoms with Crippen LogP contribution in [0.15, 0.2) is 60.7 Å². The molecule has 0 heterocycles. The first-order valence-electron chi connectivity index (χ1n) is 6.67. The van der Waals surface area contributed by atoms with Crippen LogP contribution in [0.3, 0.4) is 0 Å². The molecule has 0 aliphatic rings. The van der Waals surface area contributed by atoms with Crippen LogP contribution in [-0.4, -0.2) is 16.0 Å². The summed E-state index contributed by atoms with van der Waals surface area (Å²) < 4.78 is 0. The molecule has 0 aromatic heterocycles. The van der Waals surface area contributed by atoms with Crippen LogP contribution in [0.2, 0.25) is 0 Å². The maximum Gasteiger partial charge on any atom is 0.199 e. The molecule has 0 aliphatic carbocycles. The number of hydrogen-bond donors (Lipinski definition) is 2. The van der Waals surface area contributed by atoms with Gasteiger partial charge in [-0.05, 0) is 43.0 Å². The number of aliphatic hydroxyl groups is 1. The zero-order valence-electron chi connectivity index (χ0n) is 11.7. The van der Waals surface area contributed by atoms with E-state index in [1.165, 1.54) is 0 Å². The van der Waals surface area contributed by atoms with Crippen LogP contribution in [0, 0.1) is 23.7 Å². The Morgan fingerprint density at radius 1 is 0.857 bits per heavy atom. The highest BCUT2D eigenvalue weighted by atomic mass is 32.1. The SMILES string of the molecule is CC(S)C(O)(C#Cc1ccccc1)C#Cc1ccccc1. The number of benzene rings is 2. The summed E-state index contributed by atoms with van der Waals surface area (Å²) in [5.41, 5.74) is 0.229. The third-order valence-electron chi connectivity index (χ3n) is 2.95. The van der Waals surface area contributed by atoms with Gasteiger partial charge in [0, 0.05) is 11.1 Å². The fourth-order valence-electron chi connectivity index (χ4n) is 1.62. The van der Waals surface area contributed by atoms with E-state index >= 15 is 0 Å². The Balaban J connectivity index is 2.30. The molecule has 2 aromatic rings. The van der Waals surface area contributed by atoms with Crippen LogP contribution in [0.25, 0.3) is 0 Å². The van der Waals surface area contributed by atoms with Crippen molar-refractivity contribution in [2.24, 2.45) is 0 Å². The lowest BCUT2D eigenvalue weighted by Crippen LogP contribution is -2.34. The molecule has 2 rings (SSSR count). The highest BCUT2D eigenvalue weighted by Crippen LogP contribution is 2.15. The standard InChI is InChI=1S/C19H16OS/c1-16(21)19(20,14-12-17-8-4-2-5-9-17)15-13-18-10-6-3-7-11-18/h2-11,16,20-21H,1H3. The van der Waals surface area contributed by atoms with E-state index in [4.69, 9.17) is 0 Å². The molecule has 1 N–H and O–H groups in total. The van der Waals surface area contributed by atoms with Crippen LogP contribution >= 0.6 is 12.6 Å². The number of rotatable bonds is 1. The van der Waals surface area contributed by atoms with Gasteiger partial charge in [0.25, 0.3) is 0 Å². The molecule has 2 aromatic carbocycles. The second kappa shape index (κ2) is 7.04. The molecule has 0 amide bonds. The molecule has 0 aliphatic heterocycles. The maximum absolute atomic E-state index is 10.6. The van der Waals surface area contributed by atoms with E-state index in [1.54, 1.807) is 6.92 Å². The van der Waals surface area contributed by atoms with Crippen LogP contribution in [0.5, 0.6) is 0 Å². The van der Waals surface area contributed by atoms with E-state index in [0.29, 0.717) is 0 Å². The molecular formula is C19H16OS. The fraction of sp³-hybridized carbons (Fsp3) is 0.158. The van der Waals surface area contributed by atoms with E-state index in [9.17, 15) is 5.11 Å². The van der Waals surface area contributed by atoms with Crippen LogP contribution in [0.1, 0.15) is 18.1 Å². The lowest BCUT2D eigenvalue weighted by molar-refractivity contribution is 0.165. The first-order chi connectivity index (χ1) is 10.1. The van der Waals surface area contributed by atoms with Gasteiger partial charge in [-0.3, -0.25) is 0 Å². The summed E-state index contributed by atoms with van der Waals surface area (Å²) in [7, 11) is 0. The Bertz CT molecular complexity index is 640. The molecule has 0 saturated carbocycles. The van der Waals surface area contributed by atoms with Gasteiger partial charge < -0.3 is 5.11 Å². The summed E-state index contributed by atoms with van der Waals surface area (Å²) in [6.45, 7) is 1.78. The molecule has 1 atom stereocenters. The van der Waals surface area contributed by atoms with E-state index < -0.39 is 5.60 Å². The van der Waals surface area contributed by atoms with Gasteiger partial charge in [-0.25, -0.2) is 0 Å². The lowest BCUT2D eigenvalue weighted by atomic mass is 10.0. The zero-order chi connectivity index (χ0) is 15.1. The summed E-state index contributed by atoms with van der Waals surface area (Å²) in [6, 6.07) is 19.0. The third-order valence-corrected chi connectivity index (χ3v) is 3.32. The largest absolute Gasteiger partial charge is 0.366 e. The summed E-state index contributed by atoms with van der Waals surface area (Å²) in [6.07, 6.45) is 0. The van der Waals surface area contributed by atoms with Gasteiger partial charge in [0.1, 0.15) is 0 Å². The Kier molecular flexibility index (Phi) is 5.12. The molecule has 21 heavy (non-hydrogen) atoms. The van der Waals surface area contributed by atoms with E-state index in [2.05, 4.69) is 36.3 Å². The van der Waals surface area contributed by atoms with Crippen molar-refractivity contribution >= 4 is 12.6 Å². The molecule has 0 bridgehead atoms. The van der Waals surface area contributed by atoms with Crippen molar-refractivity contribution in [3.05, 3.63) is 71.8 Å². The Morgan fingerprint density at radius 2 is 1.24 bits per heavy atom. The highest BCUT2D eigenvalue weighted by molar-refractivity contribution is 7.81. The minimum absolute atomic E-state index is 0.384. The van der Waals surface area contributed by atoms with Crippen molar-refractivity contribution < 1.29 is 5.11 Å². The minimum Gasteiger partial charge on any atom is -0.366 e. The topological polar surface area (TPSA) is 20.2 Å². The summed E-state index contributed by atoms with van der Waals surface area (Å²) in [4.78, 5) is 0. The molecule has 0 radical (unpaired) electrons. The molecular weight excluding hydrogens is 276 g/mol. The summed E-state index contributed by atoms with van der Waals surface area (Å²) in [5, 5.41) is 10.2. The Labute approximate surface area is 131 Å². The number of hydrogen-bond acceptors (Lipinski definition) is 2. The third kappa shape index (κ3) is 4.43. The van der Waals surface area contributed by atoms with Gasteiger partial charge in [-0.2, -0.15) is 12.6 Å². The first kappa shape index (κ1) is 15.3. The van der Waals surface area contributed by atoms with Crippen LogP contribution in [0.4, 0.5) is 0 Å². The van der Waals surface area contributed by atoms with Gasteiger partial charge in [-0.15, -0.1) is 0 Å². The monoisotopic (exact) mass is 292 g/mol. The van der Waals surface area contributed by atoms with Crippen molar-refractivity contribution in [1.29, 1.82) is 0 Å². The molecule has 104 valence electrons. The normalized spacial score (nSPS) is 11.6. The van der Waals surface area contributed by atoms with Gasteiger partial charge in [0.05, 0.1) is 5.25 Å². The Hall–Kier alpha value is -2.13. The molecule has 0 fully saturated rings. The second-order valence-corrected chi connectivity index (χ2v) is 5.45. The maximum atomic E-state index is 10.6. The van der Waals surface area contributed by atoms with Gasteiger partial charge in [0.2, 0.25) is 0 Å². The molecule has 2 heteroatoms. The average molecular weight is 292 g/mol. The average Bonchev–Trinajstić information content (AvgIpc) is 2.53. The lowest BCUT2D eigenvalue weighted by Gasteiger charge is -2.18. The molecule has 1 unspecified atom stereocenters. The van der Waals surface area contributed by atoms with Crippen molar-refractivity contribution in [3.63, 3.8) is 0 Å². The van der Waals surface area contributed by atoms with Crippen molar-refractivity contribution in [1.82, 2.24) is 0 Å². The Morgan fingerprint density at radius 3 is 1.57 bits per heavy atom. The van der Waals surface area contributed by atoms with Gasteiger partial charge in [-0.1, -0.05) is 48.2 Å². The predicted octanol–water partition coefficient (Wildman–Crippen LogP) is 3.14. The molecule has 1 nitrogen and oxygen atoms in total. The van der Waals surface area contributed by atoms with Crippen molar-refractivity contribution in [2.45, 2.75) is 17.8 Å². The summed E-state index contributed by atoms with van der Waals surface area (Å²) in [5.74, 6) is 11.6. The predicted molar refractivity (Wildman–Crippen MR) is 90.0 cm³/mol. The van der Waals surface area contributed by atoms with E-state index in [0.717, 1.165) is 11.1 Å². The smallest absolute Gasteiger partial charge is 0.199 e. The minimum atomic E-state index is -1.45. The molecule has 0 saturated heterocycles. The highest BCUT2D eigenvalue weighted by Gasteiger charge is 2.27. The van der Waals surface area contributed by atoms with Gasteiger partial charge >= 0.3 is 0 Å². The van der Waals surface area contributed by atoms with E-state index in [1.807, 2.05) is 60.7 Å².